The van der Waals surface area contributed by atoms with Gasteiger partial charge in [0, 0.05) is 18.5 Å². The maximum atomic E-state index is 12.3. The minimum absolute atomic E-state index is 0.191. The summed E-state index contributed by atoms with van der Waals surface area (Å²) in [7, 11) is 0. The lowest BCUT2D eigenvalue weighted by molar-refractivity contribution is 0.0237. The molecule has 0 radical (unpaired) electrons. The van der Waals surface area contributed by atoms with E-state index >= 15 is 0 Å². The summed E-state index contributed by atoms with van der Waals surface area (Å²) < 4.78 is 5.51. The van der Waals surface area contributed by atoms with Gasteiger partial charge in [0.2, 0.25) is 0 Å². The molecule has 1 aromatic rings. The Hall–Kier alpha value is -1.51. The zero-order valence-electron chi connectivity index (χ0n) is 13.8. The van der Waals surface area contributed by atoms with Gasteiger partial charge in [-0.3, -0.25) is 0 Å². The van der Waals surface area contributed by atoms with Crippen molar-refractivity contribution in [3.05, 3.63) is 35.4 Å². The molecular weight excluding hydrogens is 262 g/mol. The fourth-order valence-electron chi connectivity index (χ4n) is 2.91. The summed E-state index contributed by atoms with van der Waals surface area (Å²) in [5.41, 5.74) is 2.26. The second-order valence-corrected chi connectivity index (χ2v) is 7.01. The number of amides is 1. The Morgan fingerprint density at radius 1 is 1.38 bits per heavy atom. The highest BCUT2D eigenvalue weighted by molar-refractivity contribution is 5.69. The second kappa shape index (κ2) is 6.08. The van der Waals surface area contributed by atoms with Crippen LogP contribution in [0.5, 0.6) is 0 Å². The number of likely N-dealkylation sites (tertiary alicyclic amines) is 1. The van der Waals surface area contributed by atoms with Crippen LogP contribution < -0.4 is 0 Å². The Balaban J connectivity index is 2.08. The van der Waals surface area contributed by atoms with Gasteiger partial charge >= 0.3 is 6.09 Å². The van der Waals surface area contributed by atoms with E-state index in [1.165, 1.54) is 11.1 Å². The number of hydrogen-bond acceptors (Lipinski definition) is 2. The van der Waals surface area contributed by atoms with E-state index in [1.807, 2.05) is 25.7 Å². The summed E-state index contributed by atoms with van der Waals surface area (Å²) in [5, 5.41) is 0. The van der Waals surface area contributed by atoms with E-state index in [2.05, 4.69) is 38.1 Å². The molecular formula is C18H27NO2. The topological polar surface area (TPSA) is 29.5 Å². The molecule has 3 heteroatoms. The Kier molecular flexibility index (Phi) is 4.60. The predicted octanol–water partition coefficient (Wildman–Crippen LogP) is 4.36. The van der Waals surface area contributed by atoms with Crippen LogP contribution in [0.3, 0.4) is 0 Å². The number of carbonyl (C=O) groups excluding carboxylic acids is 1. The number of aryl methyl sites for hydroxylation is 1. The molecule has 3 nitrogen and oxygen atoms in total. The average molecular weight is 289 g/mol. The van der Waals surface area contributed by atoms with Crippen molar-refractivity contribution in [2.75, 3.05) is 6.54 Å². The van der Waals surface area contributed by atoms with Crippen molar-refractivity contribution in [3.8, 4) is 0 Å². The molecule has 0 saturated carbocycles. The fraction of sp³-hybridized carbons (Fsp3) is 0.611. The van der Waals surface area contributed by atoms with Crippen LogP contribution in [0, 0.1) is 0 Å². The smallest absolute Gasteiger partial charge is 0.410 e. The summed E-state index contributed by atoms with van der Waals surface area (Å²) in [6.45, 7) is 10.8. The second-order valence-electron chi connectivity index (χ2n) is 7.01. The van der Waals surface area contributed by atoms with E-state index in [1.54, 1.807) is 0 Å². The largest absolute Gasteiger partial charge is 0.444 e. The summed E-state index contributed by atoms with van der Waals surface area (Å²) in [4.78, 5) is 14.1. The zero-order valence-corrected chi connectivity index (χ0v) is 13.8. The number of hydrogen-bond donors (Lipinski definition) is 0. The molecule has 1 saturated heterocycles. The van der Waals surface area contributed by atoms with Gasteiger partial charge in [0.05, 0.1) is 0 Å². The van der Waals surface area contributed by atoms with Gasteiger partial charge in [-0.2, -0.15) is 0 Å². The fourth-order valence-corrected chi connectivity index (χ4v) is 2.91. The number of ether oxygens (including phenoxy) is 1. The predicted molar refractivity (Wildman–Crippen MR) is 85.6 cm³/mol. The first-order valence-electron chi connectivity index (χ1n) is 7.88. The van der Waals surface area contributed by atoms with Crippen LogP contribution in [0.1, 0.15) is 58.1 Å². The summed E-state index contributed by atoms with van der Waals surface area (Å²) in [6.07, 6.45) is 1.86. The maximum absolute atomic E-state index is 12.3. The summed E-state index contributed by atoms with van der Waals surface area (Å²) >= 11 is 0. The van der Waals surface area contributed by atoms with Crippen molar-refractivity contribution in [3.63, 3.8) is 0 Å². The maximum Gasteiger partial charge on any atom is 0.410 e. The third kappa shape index (κ3) is 3.99. The van der Waals surface area contributed by atoms with Crippen LogP contribution in [0.2, 0.25) is 0 Å². The molecule has 2 atom stereocenters. The zero-order chi connectivity index (χ0) is 15.6. The number of carbonyl (C=O) groups is 1. The number of nitrogens with zero attached hydrogens (tertiary/aromatic N) is 1. The summed E-state index contributed by atoms with van der Waals surface area (Å²) in [6, 6.07) is 8.96. The normalized spacial score (nSPS) is 22.4. The minimum Gasteiger partial charge on any atom is -0.444 e. The summed E-state index contributed by atoms with van der Waals surface area (Å²) in [5.74, 6) is 0.416. The Morgan fingerprint density at radius 2 is 2.10 bits per heavy atom. The van der Waals surface area contributed by atoms with Crippen molar-refractivity contribution in [1.29, 1.82) is 0 Å². The molecule has 0 N–H and O–H groups in total. The van der Waals surface area contributed by atoms with E-state index in [0.29, 0.717) is 5.92 Å². The van der Waals surface area contributed by atoms with Crippen LogP contribution in [0.4, 0.5) is 4.79 Å². The molecule has 1 aliphatic heterocycles. The van der Waals surface area contributed by atoms with Crippen molar-refractivity contribution < 1.29 is 9.53 Å². The number of benzene rings is 1. The van der Waals surface area contributed by atoms with Crippen molar-refractivity contribution >= 4 is 6.09 Å². The van der Waals surface area contributed by atoms with Crippen molar-refractivity contribution in [2.24, 2.45) is 0 Å². The Labute approximate surface area is 128 Å². The molecule has 0 aromatic heterocycles. The highest BCUT2D eigenvalue weighted by Gasteiger charge is 2.35. The highest BCUT2D eigenvalue weighted by Crippen LogP contribution is 2.33. The monoisotopic (exact) mass is 289 g/mol. The molecule has 1 aromatic carbocycles. The van der Waals surface area contributed by atoms with E-state index in [0.717, 1.165) is 19.4 Å². The van der Waals surface area contributed by atoms with E-state index in [9.17, 15) is 4.79 Å². The SMILES string of the molecule is CCc1cccc([C@@H]2CC(C)N(C(=O)OC(C)(C)C)C2)c1. The van der Waals surface area contributed by atoms with Crippen molar-refractivity contribution in [2.45, 2.75) is 65.0 Å². The van der Waals surface area contributed by atoms with Gasteiger partial charge in [-0.05, 0) is 51.7 Å². The average Bonchev–Trinajstić information content (AvgIpc) is 2.79. The molecule has 0 spiro atoms. The lowest BCUT2D eigenvalue weighted by Crippen LogP contribution is -2.38. The molecule has 1 amide bonds. The minimum atomic E-state index is -0.434. The highest BCUT2D eigenvalue weighted by atomic mass is 16.6. The molecule has 1 aliphatic rings. The molecule has 1 fully saturated rings. The van der Waals surface area contributed by atoms with Gasteiger partial charge in [0.15, 0.2) is 0 Å². The number of rotatable bonds is 2. The van der Waals surface area contributed by atoms with Gasteiger partial charge in [-0.25, -0.2) is 4.79 Å². The van der Waals surface area contributed by atoms with Crippen LogP contribution in [-0.2, 0) is 11.2 Å². The van der Waals surface area contributed by atoms with Gasteiger partial charge in [-0.15, -0.1) is 0 Å². The van der Waals surface area contributed by atoms with Crippen LogP contribution in [-0.4, -0.2) is 29.2 Å². The Bertz CT molecular complexity index is 504. The lowest BCUT2D eigenvalue weighted by atomic mass is 9.95. The molecule has 0 bridgehead atoms. The molecule has 1 heterocycles. The first-order chi connectivity index (χ1) is 9.80. The third-order valence-corrected chi connectivity index (χ3v) is 4.03. The van der Waals surface area contributed by atoms with E-state index in [4.69, 9.17) is 4.74 Å². The molecule has 21 heavy (non-hydrogen) atoms. The molecule has 116 valence electrons. The van der Waals surface area contributed by atoms with E-state index in [-0.39, 0.29) is 12.1 Å². The quantitative estimate of drug-likeness (QED) is 0.809. The third-order valence-electron chi connectivity index (χ3n) is 4.03. The van der Waals surface area contributed by atoms with Gasteiger partial charge in [0.25, 0.3) is 0 Å². The first kappa shape index (κ1) is 15.9. The van der Waals surface area contributed by atoms with Gasteiger partial charge in [-0.1, -0.05) is 31.2 Å². The van der Waals surface area contributed by atoms with Crippen LogP contribution >= 0.6 is 0 Å². The van der Waals surface area contributed by atoms with Gasteiger partial charge in [0.1, 0.15) is 5.60 Å². The van der Waals surface area contributed by atoms with E-state index < -0.39 is 5.60 Å². The molecule has 0 aliphatic carbocycles. The first-order valence-corrected chi connectivity index (χ1v) is 7.88. The Morgan fingerprint density at radius 3 is 2.71 bits per heavy atom. The van der Waals surface area contributed by atoms with Crippen molar-refractivity contribution in [1.82, 2.24) is 4.90 Å². The lowest BCUT2D eigenvalue weighted by Gasteiger charge is -2.27. The molecule has 2 rings (SSSR count). The molecule has 1 unspecified atom stereocenters. The van der Waals surface area contributed by atoms with Gasteiger partial charge < -0.3 is 9.64 Å². The van der Waals surface area contributed by atoms with Crippen LogP contribution in [0.25, 0.3) is 0 Å². The standard InChI is InChI=1S/C18H27NO2/c1-6-14-8-7-9-15(11-14)16-10-13(2)19(12-16)17(20)21-18(3,4)5/h7-9,11,13,16H,6,10,12H2,1-5H3/t13?,16-/m1/s1. The van der Waals surface area contributed by atoms with Crippen LogP contribution in [0.15, 0.2) is 24.3 Å².